The standard InChI is InChI=1S/C5H11NO3S2/c1-5-3-10(7)6(2)11(8,9)4-5/h5H,3-4H2,1-2H3. The van der Waals surface area contributed by atoms with Gasteiger partial charge in [0, 0.05) is 12.8 Å². The fraction of sp³-hybridized carbons (Fsp3) is 1.00. The average Bonchev–Trinajstić information content (AvgIpc) is 1.81. The Hall–Kier alpha value is 0.0600. The Balaban J connectivity index is 2.93. The molecule has 1 aliphatic heterocycles. The van der Waals surface area contributed by atoms with E-state index in [0.29, 0.717) is 5.75 Å². The summed E-state index contributed by atoms with van der Waals surface area (Å²) in [6, 6.07) is 0. The lowest BCUT2D eigenvalue weighted by Crippen LogP contribution is -2.41. The van der Waals surface area contributed by atoms with Gasteiger partial charge in [-0.1, -0.05) is 6.92 Å². The maximum atomic E-state index is 11.1. The van der Waals surface area contributed by atoms with Gasteiger partial charge in [0.2, 0.25) is 10.0 Å². The Morgan fingerprint density at radius 1 is 1.55 bits per heavy atom. The Morgan fingerprint density at radius 3 is 2.55 bits per heavy atom. The molecule has 0 aromatic rings. The van der Waals surface area contributed by atoms with Crippen LogP contribution in [0.3, 0.4) is 0 Å². The largest absolute Gasteiger partial charge is 0.242 e. The van der Waals surface area contributed by atoms with Crippen LogP contribution < -0.4 is 0 Å². The highest BCUT2D eigenvalue weighted by atomic mass is 32.3. The lowest BCUT2D eigenvalue weighted by molar-refractivity contribution is 0.528. The van der Waals surface area contributed by atoms with E-state index < -0.39 is 21.0 Å². The lowest BCUT2D eigenvalue weighted by atomic mass is 10.3. The van der Waals surface area contributed by atoms with E-state index in [2.05, 4.69) is 0 Å². The summed E-state index contributed by atoms with van der Waals surface area (Å²) in [4.78, 5) is 0. The van der Waals surface area contributed by atoms with E-state index in [9.17, 15) is 12.6 Å². The molecular weight excluding hydrogens is 186 g/mol. The molecule has 0 aromatic heterocycles. The summed E-state index contributed by atoms with van der Waals surface area (Å²) in [5, 5.41) is 0. The molecule has 2 atom stereocenters. The molecule has 11 heavy (non-hydrogen) atoms. The molecule has 1 rings (SSSR count). The molecule has 0 amide bonds. The van der Waals surface area contributed by atoms with Crippen LogP contribution >= 0.6 is 0 Å². The van der Waals surface area contributed by atoms with Crippen molar-refractivity contribution in [3.8, 4) is 0 Å². The summed E-state index contributed by atoms with van der Waals surface area (Å²) in [6.07, 6.45) is 0. The number of rotatable bonds is 0. The zero-order chi connectivity index (χ0) is 8.65. The van der Waals surface area contributed by atoms with E-state index in [4.69, 9.17) is 0 Å². The highest BCUT2D eigenvalue weighted by molar-refractivity contribution is 8.01. The van der Waals surface area contributed by atoms with Gasteiger partial charge in [0.25, 0.3) is 0 Å². The predicted octanol–water partition coefficient (Wildman–Crippen LogP) is -0.439. The quantitative estimate of drug-likeness (QED) is 0.529. The van der Waals surface area contributed by atoms with Gasteiger partial charge >= 0.3 is 0 Å². The predicted molar refractivity (Wildman–Crippen MR) is 43.7 cm³/mol. The number of hydrogen-bond acceptors (Lipinski definition) is 3. The molecule has 6 heteroatoms. The second-order valence-corrected chi connectivity index (χ2v) is 6.58. The third-order valence-corrected chi connectivity index (χ3v) is 5.98. The summed E-state index contributed by atoms with van der Waals surface area (Å²) < 4.78 is 34.3. The van der Waals surface area contributed by atoms with Crippen molar-refractivity contribution in [2.24, 2.45) is 5.92 Å². The first-order valence-electron chi connectivity index (χ1n) is 3.28. The molecule has 1 heterocycles. The first kappa shape index (κ1) is 9.15. The van der Waals surface area contributed by atoms with E-state index in [0.717, 1.165) is 3.71 Å². The van der Waals surface area contributed by atoms with Crippen molar-refractivity contribution in [2.75, 3.05) is 18.6 Å². The molecule has 2 unspecified atom stereocenters. The topological polar surface area (TPSA) is 54.5 Å². The van der Waals surface area contributed by atoms with Crippen molar-refractivity contribution in [2.45, 2.75) is 6.92 Å². The van der Waals surface area contributed by atoms with Crippen molar-refractivity contribution in [1.82, 2.24) is 3.71 Å². The molecule has 4 nitrogen and oxygen atoms in total. The van der Waals surface area contributed by atoms with Gasteiger partial charge in [0.1, 0.15) is 11.0 Å². The number of nitrogens with zero attached hydrogens (tertiary/aromatic N) is 1. The van der Waals surface area contributed by atoms with Crippen LogP contribution in [0.2, 0.25) is 0 Å². The number of sulfonamides is 1. The Kier molecular flexibility index (Phi) is 2.36. The molecule has 0 bridgehead atoms. The van der Waals surface area contributed by atoms with Gasteiger partial charge in [-0.15, -0.1) is 3.71 Å². The van der Waals surface area contributed by atoms with E-state index in [-0.39, 0.29) is 11.7 Å². The van der Waals surface area contributed by atoms with Crippen LogP contribution in [0, 0.1) is 5.92 Å². The normalized spacial score (nSPS) is 38.7. The molecule has 0 aliphatic carbocycles. The van der Waals surface area contributed by atoms with Crippen LogP contribution in [0.5, 0.6) is 0 Å². The fourth-order valence-electron chi connectivity index (χ4n) is 0.988. The van der Waals surface area contributed by atoms with Crippen LogP contribution in [0.1, 0.15) is 6.92 Å². The van der Waals surface area contributed by atoms with Crippen LogP contribution in [0.25, 0.3) is 0 Å². The first-order chi connectivity index (χ1) is 4.93. The number of hydrogen-bond donors (Lipinski definition) is 0. The molecule has 66 valence electrons. The van der Waals surface area contributed by atoms with E-state index in [1.807, 2.05) is 0 Å². The van der Waals surface area contributed by atoms with Crippen LogP contribution in [0.15, 0.2) is 0 Å². The van der Waals surface area contributed by atoms with Crippen LogP contribution in [-0.2, 0) is 21.0 Å². The third-order valence-electron chi connectivity index (χ3n) is 1.60. The smallest absolute Gasteiger partial charge is 0.225 e. The highest BCUT2D eigenvalue weighted by Gasteiger charge is 2.32. The second-order valence-electron chi connectivity index (χ2n) is 2.78. The fourth-order valence-corrected chi connectivity index (χ4v) is 4.38. The summed E-state index contributed by atoms with van der Waals surface area (Å²) in [5.74, 6) is 0.586. The van der Waals surface area contributed by atoms with E-state index >= 15 is 0 Å². The Morgan fingerprint density at radius 2 is 2.09 bits per heavy atom. The Labute approximate surface area is 69.2 Å². The zero-order valence-corrected chi connectivity index (χ0v) is 8.11. The molecular formula is C5H11NO3S2. The van der Waals surface area contributed by atoms with Crippen molar-refractivity contribution in [3.63, 3.8) is 0 Å². The molecule has 0 N–H and O–H groups in total. The molecule has 0 saturated carbocycles. The molecule has 0 aromatic carbocycles. The first-order valence-corrected chi connectivity index (χ1v) is 6.17. The lowest BCUT2D eigenvalue weighted by Gasteiger charge is -2.24. The van der Waals surface area contributed by atoms with Crippen LogP contribution in [0.4, 0.5) is 0 Å². The van der Waals surface area contributed by atoms with Crippen molar-refractivity contribution < 1.29 is 12.6 Å². The molecule has 0 spiro atoms. The third kappa shape index (κ3) is 1.80. The van der Waals surface area contributed by atoms with Gasteiger partial charge < -0.3 is 0 Å². The summed E-state index contributed by atoms with van der Waals surface area (Å²) in [6.45, 7) is 1.79. The van der Waals surface area contributed by atoms with Crippen molar-refractivity contribution in [1.29, 1.82) is 0 Å². The monoisotopic (exact) mass is 197 g/mol. The van der Waals surface area contributed by atoms with Gasteiger partial charge in [0.05, 0.1) is 5.75 Å². The van der Waals surface area contributed by atoms with Gasteiger partial charge in [-0.2, -0.15) is 0 Å². The van der Waals surface area contributed by atoms with Crippen LogP contribution in [-0.4, -0.2) is 34.9 Å². The van der Waals surface area contributed by atoms with Gasteiger partial charge in [-0.05, 0) is 5.92 Å². The maximum Gasteiger partial charge on any atom is 0.225 e. The molecule has 1 fully saturated rings. The summed E-state index contributed by atoms with van der Waals surface area (Å²) in [7, 11) is -3.21. The zero-order valence-electron chi connectivity index (χ0n) is 6.48. The van der Waals surface area contributed by atoms with E-state index in [1.54, 1.807) is 6.92 Å². The second kappa shape index (κ2) is 2.84. The van der Waals surface area contributed by atoms with E-state index in [1.165, 1.54) is 7.05 Å². The minimum atomic E-state index is -3.23. The summed E-state index contributed by atoms with van der Waals surface area (Å²) >= 11 is 0. The Bertz CT molecular complexity index is 271. The minimum absolute atomic E-state index is 0.0111. The van der Waals surface area contributed by atoms with Gasteiger partial charge in [-0.25, -0.2) is 12.6 Å². The molecule has 1 aliphatic rings. The highest BCUT2D eigenvalue weighted by Crippen LogP contribution is 2.16. The molecule has 0 radical (unpaired) electrons. The maximum absolute atomic E-state index is 11.1. The van der Waals surface area contributed by atoms with Gasteiger partial charge in [0.15, 0.2) is 0 Å². The van der Waals surface area contributed by atoms with Gasteiger partial charge in [-0.3, -0.25) is 0 Å². The van der Waals surface area contributed by atoms with Crippen molar-refractivity contribution >= 4 is 21.0 Å². The SMILES string of the molecule is CC1CS(=O)N(C)S(=O)(=O)C1. The minimum Gasteiger partial charge on any atom is -0.242 e. The van der Waals surface area contributed by atoms with Crippen molar-refractivity contribution in [3.05, 3.63) is 0 Å². The average molecular weight is 197 g/mol. The summed E-state index contributed by atoms with van der Waals surface area (Å²) in [5.41, 5.74) is 0. The molecule has 1 saturated heterocycles.